The molecule has 6 nitrogen and oxygen atoms in total. The molecule has 0 spiro atoms. The van der Waals surface area contributed by atoms with Gasteiger partial charge in [-0.25, -0.2) is 4.98 Å². The van der Waals surface area contributed by atoms with Crippen molar-refractivity contribution in [1.29, 1.82) is 0 Å². The summed E-state index contributed by atoms with van der Waals surface area (Å²) in [7, 11) is 0. The first-order chi connectivity index (χ1) is 8.00. The summed E-state index contributed by atoms with van der Waals surface area (Å²) in [5, 5.41) is 13.9. The summed E-state index contributed by atoms with van der Waals surface area (Å²) >= 11 is 0. The largest absolute Gasteiger partial charge is 0.384 e. The van der Waals surface area contributed by atoms with Gasteiger partial charge in [-0.15, -0.1) is 0 Å². The summed E-state index contributed by atoms with van der Waals surface area (Å²) in [6.45, 7) is 2.87. The minimum Gasteiger partial charge on any atom is -0.384 e. The molecule has 1 aromatic rings. The van der Waals surface area contributed by atoms with Gasteiger partial charge >= 0.3 is 5.69 Å². The van der Waals surface area contributed by atoms with Crippen molar-refractivity contribution >= 4 is 17.3 Å². The van der Waals surface area contributed by atoms with Crippen molar-refractivity contribution in [1.82, 2.24) is 4.98 Å². The molecule has 1 saturated carbocycles. The zero-order valence-corrected chi connectivity index (χ0v) is 9.77. The average Bonchev–Trinajstić information content (AvgIpc) is 2.23. The van der Waals surface area contributed by atoms with E-state index in [1.807, 2.05) is 0 Å². The van der Waals surface area contributed by atoms with E-state index >= 15 is 0 Å². The number of nitrogen functional groups attached to an aromatic ring is 1. The van der Waals surface area contributed by atoms with Crippen LogP contribution in [0.4, 0.5) is 17.3 Å². The van der Waals surface area contributed by atoms with E-state index in [0.717, 1.165) is 12.8 Å². The first-order valence-electron chi connectivity index (χ1n) is 5.65. The fourth-order valence-corrected chi connectivity index (χ4v) is 2.00. The Balaban J connectivity index is 2.13. The molecule has 6 heteroatoms. The topological polar surface area (TPSA) is 94.1 Å². The molecule has 1 fully saturated rings. The van der Waals surface area contributed by atoms with Gasteiger partial charge in [-0.2, -0.15) is 0 Å². The molecule has 1 aromatic heterocycles. The van der Waals surface area contributed by atoms with Crippen molar-refractivity contribution in [3.63, 3.8) is 0 Å². The van der Waals surface area contributed by atoms with Gasteiger partial charge in [-0.1, -0.05) is 13.3 Å². The molecule has 1 heterocycles. The summed E-state index contributed by atoms with van der Waals surface area (Å²) < 4.78 is 0. The van der Waals surface area contributed by atoms with Gasteiger partial charge in [0.25, 0.3) is 0 Å². The lowest BCUT2D eigenvalue weighted by Crippen LogP contribution is -2.33. The Labute approximate surface area is 99.4 Å². The van der Waals surface area contributed by atoms with Gasteiger partial charge in [0.1, 0.15) is 5.82 Å². The molecule has 2 rings (SSSR count). The van der Waals surface area contributed by atoms with E-state index in [9.17, 15) is 10.1 Å². The predicted molar refractivity (Wildman–Crippen MR) is 65.8 cm³/mol. The molecule has 0 aliphatic heterocycles. The fraction of sp³-hybridized carbons (Fsp3) is 0.545. The van der Waals surface area contributed by atoms with Gasteiger partial charge < -0.3 is 11.1 Å². The van der Waals surface area contributed by atoms with Gasteiger partial charge in [0, 0.05) is 12.6 Å². The van der Waals surface area contributed by atoms with Gasteiger partial charge in [0.2, 0.25) is 5.82 Å². The van der Waals surface area contributed by atoms with E-state index in [2.05, 4.69) is 17.2 Å². The molecule has 0 radical (unpaired) electrons. The fourth-order valence-electron chi connectivity index (χ4n) is 2.00. The molecule has 92 valence electrons. The first-order valence-corrected chi connectivity index (χ1v) is 5.65. The number of pyridine rings is 1. The maximum absolute atomic E-state index is 10.8. The van der Waals surface area contributed by atoms with Crippen molar-refractivity contribution in [3.8, 4) is 0 Å². The summed E-state index contributed by atoms with van der Waals surface area (Å²) in [5.41, 5.74) is 5.75. The van der Waals surface area contributed by atoms with E-state index in [0.29, 0.717) is 6.54 Å². The van der Waals surface area contributed by atoms with Crippen molar-refractivity contribution in [2.75, 3.05) is 17.6 Å². The van der Waals surface area contributed by atoms with Crippen LogP contribution in [0.2, 0.25) is 0 Å². The highest BCUT2D eigenvalue weighted by Gasteiger charge is 2.32. The van der Waals surface area contributed by atoms with Crippen LogP contribution in [0.15, 0.2) is 12.1 Å². The van der Waals surface area contributed by atoms with E-state index in [-0.39, 0.29) is 22.7 Å². The normalized spacial score (nSPS) is 17.2. The zero-order chi connectivity index (χ0) is 12.5. The molecule has 0 atom stereocenters. The molecular formula is C11H16N4O2. The van der Waals surface area contributed by atoms with E-state index in [4.69, 9.17) is 5.73 Å². The third-order valence-electron chi connectivity index (χ3n) is 3.34. The number of nitrogens with two attached hydrogens (primary N) is 1. The number of nitrogens with one attached hydrogen (secondary N) is 1. The smallest absolute Gasteiger partial charge is 0.311 e. The summed E-state index contributed by atoms with van der Waals surface area (Å²) in [5.74, 6) is 0.556. The second-order valence-corrected chi connectivity index (χ2v) is 4.88. The van der Waals surface area contributed by atoms with Crippen LogP contribution in [-0.4, -0.2) is 16.5 Å². The molecule has 0 aromatic carbocycles. The lowest BCUT2D eigenvalue weighted by atomic mass is 9.70. The molecular weight excluding hydrogens is 220 g/mol. The molecule has 0 bridgehead atoms. The Bertz CT molecular complexity index is 443. The van der Waals surface area contributed by atoms with Crippen LogP contribution in [-0.2, 0) is 0 Å². The molecule has 0 amide bonds. The number of hydrogen-bond acceptors (Lipinski definition) is 5. The Hall–Kier alpha value is -1.85. The molecule has 17 heavy (non-hydrogen) atoms. The molecule has 0 saturated heterocycles. The Kier molecular flexibility index (Phi) is 2.87. The van der Waals surface area contributed by atoms with E-state index in [1.165, 1.54) is 18.6 Å². The number of rotatable bonds is 4. The number of hydrogen-bond donors (Lipinski definition) is 2. The second-order valence-electron chi connectivity index (χ2n) is 4.88. The van der Waals surface area contributed by atoms with E-state index < -0.39 is 4.92 Å². The van der Waals surface area contributed by atoms with Crippen molar-refractivity contribution in [2.45, 2.75) is 26.2 Å². The van der Waals surface area contributed by atoms with Crippen molar-refractivity contribution in [2.24, 2.45) is 5.41 Å². The van der Waals surface area contributed by atoms with Crippen LogP contribution in [0.3, 0.4) is 0 Å². The highest BCUT2D eigenvalue weighted by molar-refractivity contribution is 5.59. The van der Waals surface area contributed by atoms with Gasteiger partial charge in [0.15, 0.2) is 0 Å². The first kappa shape index (κ1) is 11.6. The van der Waals surface area contributed by atoms with Gasteiger partial charge in [-0.05, 0) is 24.3 Å². The number of anilines is 2. The number of nitrogens with zero attached hydrogens (tertiary/aromatic N) is 2. The Morgan fingerprint density at radius 2 is 2.29 bits per heavy atom. The summed E-state index contributed by atoms with van der Waals surface area (Å²) in [4.78, 5) is 14.4. The lowest BCUT2D eigenvalue weighted by molar-refractivity contribution is -0.384. The summed E-state index contributed by atoms with van der Waals surface area (Å²) in [6, 6.07) is 2.82. The Morgan fingerprint density at radius 1 is 1.59 bits per heavy atom. The van der Waals surface area contributed by atoms with Gasteiger partial charge in [0.05, 0.1) is 4.92 Å². The maximum Gasteiger partial charge on any atom is 0.311 e. The van der Waals surface area contributed by atoms with E-state index in [1.54, 1.807) is 0 Å². The maximum atomic E-state index is 10.8. The minimum absolute atomic E-state index is 0.0258. The van der Waals surface area contributed by atoms with Crippen LogP contribution in [0.25, 0.3) is 0 Å². The SMILES string of the molecule is CC1(CNc2nc(N)ccc2[N+](=O)[O-])CCC1. The third kappa shape index (κ3) is 2.46. The number of aromatic nitrogens is 1. The number of nitro groups is 1. The lowest BCUT2D eigenvalue weighted by Gasteiger charge is -2.38. The van der Waals surface area contributed by atoms with Crippen molar-refractivity contribution in [3.05, 3.63) is 22.2 Å². The van der Waals surface area contributed by atoms with Crippen LogP contribution in [0.5, 0.6) is 0 Å². The van der Waals surface area contributed by atoms with Crippen molar-refractivity contribution < 1.29 is 4.92 Å². The Morgan fingerprint density at radius 3 is 2.82 bits per heavy atom. The molecule has 0 unspecified atom stereocenters. The minimum atomic E-state index is -0.447. The highest BCUT2D eigenvalue weighted by atomic mass is 16.6. The quantitative estimate of drug-likeness (QED) is 0.617. The molecule has 3 N–H and O–H groups in total. The average molecular weight is 236 g/mol. The molecule has 1 aliphatic rings. The van der Waals surface area contributed by atoms with Crippen LogP contribution in [0, 0.1) is 15.5 Å². The van der Waals surface area contributed by atoms with Gasteiger partial charge in [-0.3, -0.25) is 10.1 Å². The summed E-state index contributed by atoms with van der Waals surface area (Å²) in [6.07, 6.45) is 3.52. The zero-order valence-electron chi connectivity index (χ0n) is 9.77. The molecule has 1 aliphatic carbocycles. The van der Waals surface area contributed by atoms with Crippen LogP contribution in [0.1, 0.15) is 26.2 Å². The highest BCUT2D eigenvalue weighted by Crippen LogP contribution is 2.40. The monoisotopic (exact) mass is 236 g/mol. The second kappa shape index (κ2) is 4.20. The van der Waals surface area contributed by atoms with Crippen LogP contribution < -0.4 is 11.1 Å². The standard InChI is InChI=1S/C11H16N4O2/c1-11(5-2-6-11)7-13-10-8(15(16)17)3-4-9(12)14-10/h3-4H,2,5-7H2,1H3,(H3,12,13,14). The predicted octanol–water partition coefficient (Wildman–Crippen LogP) is 2.17. The third-order valence-corrected chi connectivity index (χ3v) is 3.34. The van der Waals surface area contributed by atoms with Crippen LogP contribution >= 0.6 is 0 Å².